The first-order valence-electron chi connectivity index (χ1n) is 10.2. The summed E-state index contributed by atoms with van der Waals surface area (Å²) < 4.78 is 1.94. The molecule has 0 aliphatic carbocycles. The number of aliphatic hydroxyl groups is 2. The van der Waals surface area contributed by atoms with Crippen molar-refractivity contribution in [1.82, 2.24) is 14.5 Å². The number of hydrogen-bond donors (Lipinski definition) is 2. The van der Waals surface area contributed by atoms with Gasteiger partial charge in [-0.25, -0.2) is 4.98 Å². The Bertz CT molecular complexity index is 497. The second kappa shape index (κ2) is 11.1. The average Bonchev–Trinajstić information content (AvgIpc) is 2.92. The molecule has 0 bridgehead atoms. The van der Waals surface area contributed by atoms with Crippen LogP contribution in [-0.2, 0) is 13.1 Å². The minimum atomic E-state index is -1.07. The molecule has 1 rings (SSSR count). The highest BCUT2D eigenvalue weighted by Crippen LogP contribution is 2.24. The van der Waals surface area contributed by atoms with Gasteiger partial charge in [-0.1, -0.05) is 52.9 Å². The number of aliphatic hydroxyl groups excluding tert-OH is 1. The predicted octanol–water partition coefficient (Wildman–Crippen LogP) is 3.69. The van der Waals surface area contributed by atoms with Gasteiger partial charge in [0.2, 0.25) is 0 Å². The van der Waals surface area contributed by atoms with E-state index in [9.17, 15) is 10.2 Å². The SMILES string of the molecule is CC(C)CCCC(C)CCCC(C)(O)C(O)Cn1ccnc1CN(C)C. The van der Waals surface area contributed by atoms with E-state index in [4.69, 9.17) is 0 Å². The molecule has 0 fully saturated rings. The van der Waals surface area contributed by atoms with Gasteiger partial charge in [0, 0.05) is 12.4 Å². The molecule has 0 spiro atoms. The lowest BCUT2D eigenvalue weighted by Crippen LogP contribution is -2.42. The standard InChI is InChI=1S/C21H41N3O2/c1-17(2)9-7-10-18(3)11-8-12-21(4,26)19(25)15-24-14-13-22-20(24)16-23(5)6/h13-14,17-19,25-26H,7-12,15-16H2,1-6H3. The van der Waals surface area contributed by atoms with E-state index in [1.54, 1.807) is 13.1 Å². The van der Waals surface area contributed by atoms with Crippen molar-refractivity contribution < 1.29 is 10.2 Å². The maximum absolute atomic E-state index is 10.7. The number of nitrogens with zero attached hydrogens (tertiary/aromatic N) is 3. The van der Waals surface area contributed by atoms with E-state index in [0.717, 1.165) is 31.1 Å². The lowest BCUT2D eigenvalue weighted by atomic mass is 9.89. The smallest absolute Gasteiger partial charge is 0.122 e. The number of imidazole rings is 1. The van der Waals surface area contributed by atoms with Gasteiger partial charge in [0.05, 0.1) is 18.7 Å². The third-order valence-corrected chi connectivity index (χ3v) is 5.21. The third kappa shape index (κ3) is 8.65. The lowest BCUT2D eigenvalue weighted by molar-refractivity contribution is -0.0756. The van der Waals surface area contributed by atoms with Gasteiger partial charge in [0.15, 0.2) is 0 Å². The summed E-state index contributed by atoms with van der Waals surface area (Å²) in [5, 5.41) is 21.3. The van der Waals surface area contributed by atoms with Crippen molar-refractivity contribution in [2.75, 3.05) is 14.1 Å². The van der Waals surface area contributed by atoms with Crippen LogP contribution in [0.2, 0.25) is 0 Å². The van der Waals surface area contributed by atoms with Crippen LogP contribution in [0.1, 0.15) is 72.0 Å². The van der Waals surface area contributed by atoms with Crippen molar-refractivity contribution in [3.05, 3.63) is 18.2 Å². The van der Waals surface area contributed by atoms with Gasteiger partial charge in [-0.15, -0.1) is 0 Å². The molecule has 3 unspecified atom stereocenters. The maximum Gasteiger partial charge on any atom is 0.122 e. The minimum absolute atomic E-state index is 0.375. The average molecular weight is 368 g/mol. The quantitative estimate of drug-likeness (QED) is 0.558. The zero-order valence-corrected chi connectivity index (χ0v) is 17.8. The molecule has 0 aliphatic rings. The molecule has 26 heavy (non-hydrogen) atoms. The molecule has 0 amide bonds. The van der Waals surface area contributed by atoms with E-state index in [0.29, 0.717) is 18.9 Å². The fourth-order valence-electron chi connectivity index (χ4n) is 3.32. The molecule has 1 heterocycles. The number of hydrogen-bond acceptors (Lipinski definition) is 4. The zero-order valence-electron chi connectivity index (χ0n) is 17.8. The van der Waals surface area contributed by atoms with Crippen molar-refractivity contribution >= 4 is 0 Å². The van der Waals surface area contributed by atoms with Gasteiger partial charge in [0.1, 0.15) is 11.9 Å². The molecule has 0 radical (unpaired) electrons. The summed E-state index contributed by atoms with van der Waals surface area (Å²) in [4.78, 5) is 6.39. The van der Waals surface area contributed by atoms with Crippen LogP contribution in [0.25, 0.3) is 0 Å². The van der Waals surface area contributed by atoms with Crippen molar-refractivity contribution in [1.29, 1.82) is 0 Å². The second-order valence-electron chi connectivity index (χ2n) is 8.93. The Morgan fingerprint density at radius 2 is 1.81 bits per heavy atom. The molecule has 3 atom stereocenters. The molecule has 5 nitrogen and oxygen atoms in total. The Balaban J connectivity index is 2.40. The number of rotatable bonds is 13. The van der Waals surface area contributed by atoms with Gasteiger partial charge in [-0.05, 0) is 39.3 Å². The fraction of sp³-hybridized carbons (Fsp3) is 0.857. The lowest BCUT2D eigenvalue weighted by Gasteiger charge is -2.30. The first kappa shape index (κ1) is 23.1. The summed E-state index contributed by atoms with van der Waals surface area (Å²) in [5.74, 6) is 2.37. The predicted molar refractivity (Wildman–Crippen MR) is 108 cm³/mol. The Kier molecular flexibility index (Phi) is 9.83. The zero-order chi connectivity index (χ0) is 19.7. The molecule has 1 aromatic heterocycles. The molecule has 152 valence electrons. The van der Waals surface area contributed by atoms with E-state index < -0.39 is 11.7 Å². The highest BCUT2D eigenvalue weighted by molar-refractivity contribution is 4.94. The van der Waals surface area contributed by atoms with Gasteiger partial charge >= 0.3 is 0 Å². The molecule has 0 aliphatic heterocycles. The highest BCUT2D eigenvalue weighted by atomic mass is 16.3. The Labute approximate surface area is 160 Å². The maximum atomic E-state index is 10.7. The van der Waals surface area contributed by atoms with Gasteiger partial charge < -0.3 is 19.7 Å². The van der Waals surface area contributed by atoms with Crippen molar-refractivity contribution in [2.45, 2.75) is 91.0 Å². The summed E-state index contributed by atoms with van der Waals surface area (Å²) in [6.45, 7) is 9.69. The van der Waals surface area contributed by atoms with Crippen LogP contribution in [0.15, 0.2) is 12.4 Å². The van der Waals surface area contributed by atoms with Crippen LogP contribution in [0, 0.1) is 11.8 Å². The van der Waals surface area contributed by atoms with E-state index in [1.807, 2.05) is 29.8 Å². The summed E-state index contributed by atoms with van der Waals surface area (Å²) in [7, 11) is 3.99. The van der Waals surface area contributed by atoms with Gasteiger partial charge in [-0.2, -0.15) is 0 Å². The Hall–Kier alpha value is -0.910. The first-order valence-corrected chi connectivity index (χ1v) is 10.2. The molecular weight excluding hydrogens is 326 g/mol. The van der Waals surface area contributed by atoms with Gasteiger partial charge in [-0.3, -0.25) is 0 Å². The van der Waals surface area contributed by atoms with Crippen LogP contribution in [0.4, 0.5) is 0 Å². The van der Waals surface area contributed by atoms with E-state index in [1.165, 1.54) is 19.3 Å². The van der Waals surface area contributed by atoms with Crippen LogP contribution in [-0.4, -0.2) is 50.5 Å². The molecule has 5 heteroatoms. The highest BCUT2D eigenvalue weighted by Gasteiger charge is 2.30. The monoisotopic (exact) mass is 367 g/mol. The van der Waals surface area contributed by atoms with Crippen molar-refractivity contribution in [3.8, 4) is 0 Å². The topological polar surface area (TPSA) is 61.5 Å². The van der Waals surface area contributed by atoms with E-state index in [2.05, 4.69) is 25.8 Å². The van der Waals surface area contributed by atoms with Crippen LogP contribution in [0.3, 0.4) is 0 Å². The largest absolute Gasteiger partial charge is 0.388 e. The minimum Gasteiger partial charge on any atom is -0.388 e. The molecular formula is C21H41N3O2. The molecule has 0 aromatic carbocycles. The van der Waals surface area contributed by atoms with Crippen LogP contribution < -0.4 is 0 Å². The molecule has 0 saturated heterocycles. The summed E-state index contributed by atoms with van der Waals surface area (Å²) in [5.41, 5.74) is -1.07. The van der Waals surface area contributed by atoms with E-state index >= 15 is 0 Å². The summed E-state index contributed by atoms with van der Waals surface area (Å²) >= 11 is 0. The molecule has 1 aromatic rings. The van der Waals surface area contributed by atoms with Gasteiger partial charge in [0.25, 0.3) is 0 Å². The van der Waals surface area contributed by atoms with Crippen molar-refractivity contribution in [3.63, 3.8) is 0 Å². The van der Waals surface area contributed by atoms with E-state index in [-0.39, 0.29) is 0 Å². The fourth-order valence-corrected chi connectivity index (χ4v) is 3.32. The number of aromatic nitrogens is 2. The third-order valence-electron chi connectivity index (χ3n) is 5.21. The first-order chi connectivity index (χ1) is 12.1. The van der Waals surface area contributed by atoms with Crippen molar-refractivity contribution in [2.24, 2.45) is 11.8 Å². The van der Waals surface area contributed by atoms with Crippen LogP contribution in [0.5, 0.6) is 0 Å². The van der Waals surface area contributed by atoms with Crippen LogP contribution >= 0.6 is 0 Å². The normalized spacial score (nSPS) is 16.8. The second-order valence-corrected chi connectivity index (χ2v) is 8.93. The summed E-state index contributed by atoms with van der Waals surface area (Å²) in [6, 6.07) is 0. The molecule has 0 saturated carbocycles. The molecule has 2 N–H and O–H groups in total. The summed E-state index contributed by atoms with van der Waals surface area (Å²) in [6.07, 6.45) is 9.34. The Morgan fingerprint density at radius 3 is 2.42 bits per heavy atom. The Morgan fingerprint density at radius 1 is 1.15 bits per heavy atom.